The first-order chi connectivity index (χ1) is 8.66. The highest BCUT2D eigenvalue weighted by Crippen LogP contribution is 2.34. The molecule has 1 atom stereocenters. The van der Waals surface area contributed by atoms with Crippen LogP contribution in [-0.4, -0.2) is 31.3 Å². The van der Waals surface area contributed by atoms with E-state index in [0.717, 1.165) is 41.7 Å². The predicted molar refractivity (Wildman–Crippen MR) is 78.2 cm³/mol. The molecular weight excluding hydrogens is 262 g/mol. The topological polar surface area (TPSA) is 33.5 Å². The number of para-hydroxylation sites is 1. The average Bonchev–Trinajstić information content (AvgIpc) is 2.71. The molecule has 1 aromatic carbocycles. The summed E-state index contributed by atoms with van der Waals surface area (Å²) in [5.74, 6) is 1.22. The Labute approximate surface area is 119 Å². The SMILES string of the molecule is CN(C)CC1CCc2oc3ccccc3c2C1=O.Cl. The van der Waals surface area contributed by atoms with Crippen LogP contribution in [0, 0.1) is 5.92 Å². The molecule has 1 unspecified atom stereocenters. The van der Waals surface area contributed by atoms with Crippen LogP contribution < -0.4 is 0 Å². The number of halogens is 1. The molecule has 19 heavy (non-hydrogen) atoms. The van der Waals surface area contributed by atoms with E-state index < -0.39 is 0 Å². The molecule has 2 aromatic rings. The molecule has 0 fully saturated rings. The third kappa shape index (κ3) is 2.40. The molecule has 1 aromatic heterocycles. The number of hydrogen-bond acceptors (Lipinski definition) is 3. The van der Waals surface area contributed by atoms with Crippen LogP contribution in [0.1, 0.15) is 22.5 Å². The Morgan fingerprint density at radius 3 is 2.79 bits per heavy atom. The van der Waals surface area contributed by atoms with Crippen molar-refractivity contribution in [2.75, 3.05) is 20.6 Å². The van der Waals surface area contributed by atoms with Crippen molar-refractivity contribution in [2.24, 2.45) is 5.92 Å². The molecule has 1 aliphatic rings. The van der Waals surface area contributed by atoms with Gasteiger partial charge in [-0.05, 0) is 26.6 Å². The van der Waals surface area contributed by atoms with E-state index in [1.54, 1.807) is 0 Å². The minimum absolute atomic E-state index is 0. The monoisotopic (exact) mass is 279 g/mol. The number of hydrogen-bond donors (Lipinski definition) is 0. The van der Waals surface area contributed by atoms with Crippen molar-refractivity contribution in [1.82, 2.24) is 4.90 Å². The number of benzene rings is 1. The number of ketones is 1. The van der Waals surface area contributed by atoms with Crippen molar-refractivity contribution in [2.45, 2.75) is 12.8 Å². The smallest absolute Gasteiger partial charge is 0.171 e. The van der Waals surface area contributed by atoms with E-state index in [9.17, 15) is 4.79 Å². The molecule has 3 nitrogen and oxygen atoms in total. The van der Waals surface area contributed by atoms with E-state index in [-0.39, 0.29) is 24.1 Å². The fraction of sp³-hybridized carbons (Fsp3) is 0.400. The second-order valence-electron chi connectivity index (χ2n) is 5.26. The average molecular weight is 280 g/mol. The third-order valence-corrected chi connectivity index (χ3v) is 3.59. The molecule has 102 valence electrons. The molecule has 1 aliphatic carbocycles. The summed E-state index contributed by atoms with van der Waals surface area (Å²) in [4.78, 5) is 14.6. The van der Waals surface area contributed by atoms with Crippen molar-refractivity contribution in [3.05, 3.63) is 35.6 Å². The summed E-state index contributed by atoms with van der Waals surface area (Å²) in [5.41, 5.74) is 1.66. The van der Waals surface area contributed by atoms with Crippen LogP contribution in [0.2, 0.25) is 0 Å². The van der Waals surface area contributed by atoms with Gasteiger partial charge in [0.2, 0.25) is 0 Å². The van der Waals surface area contributed by atoms with Gasteiger partial charge in [-0.25, -0.2) is 0 Å². The van der Waals surface area contributed by atoms with Crippen LogP contribution in [0.4, 0.5) is 0 Å². The van der Waals surface area contributed by atoms with Gasteiger partial charge in [-0.3, -0.25) is 4.79 Å². The lowest BCUT2D eigenvalue weighted by molar-refractivity contribution is 0.0874. The summed E-state index contributed by atoms with van der Waals surface area (Å²) in [5, 5.41) is 0.973. The van der Waals surface area contributed by atoms with Gasteiger partial charge in [-0.1, -0.05) is 18.2 Å². The molecule has 4 heteroatoms. The van der Waals surface area contributed by atoms with E-state index in [0.29, 0.717) is 0 Å². The zero-order chi connectivity index (χ0) is 12.7. The number of rotatable bonds is 2. The Kier molecular flexibility index (Phi) is 3.97. The van der Waals surface area contributed by atoms with Crippen LogP contribution in [0.15, 0.2) is 28.7 Å². The van der Waals surface area contributed by atoms with E-state index >= 15 is 0 Å². The van der Waals surface area contributed by atoms with E-state index in [2.05, 4.69) is 4.90 Å². The summed E-state index contributed by atoms with van der Waals surface area (Å²) in [6.45, 7) is 0.817. The summed E-state index contributed by atoms with van der Waals surface area (Å²) in [6, 6.07) is 7.82. The Morgan fingerprint density at radius 1 is 1.32 bits per heavy atom. The van der Waals surface area contributed by atoms with Crippen LogP contribution in [0.25, 0.3) is 11.0 Å². The Bertz CT molecular complexity index is 603. The molecule has 0 radical (unpaired) electrons. The van der Waals surface area contributed by atoms with Gasteiger partial charge >= 0.3 is 0 Å². The van der Waals surface area contributed by atoms with Gasteiger partial charge in [0.25, 0.3) is 0 Å². The second-order valence-corrected chi connectivity index (χ2v) is 5.26. The van der Waals surface area contributed by atoms with E-state index in [4.69, 9.17) is 4.42 Å². The predicted octanol–water partition coefficient (Wildman–Crippen LogP) is 3.16. The maximum Gasteiger partial charge on any atom is 0.171 e. The molecular formula is C15H18ClNO2. The normalized spacial score (nSPS) is 18.5. The minimum Gasteiger partial charge on any atom is -0.460 e. The zero-order valence-corrected chi connectivity index (χ0v) is 12.0. The first kappa shape index (κ1) is 14.1. The number of carbonyl (C=O) groups excluding carboxylic acids is 1. The second kappa shape index (κ2) is 5.35. The zero-order valence-electron chi connectivity index (χ0n) is 11.2. The summed E-state index contributed by atoms with van der Waals surface area (Å²) >= 11 is 0. The number of aryl methyl sites for hydroxylation is 1. The fourth-order valence-electron chi connectivity index (χ4n) is 2.80. The van der Waals surface area contributed by atoms with Crippen LogP contribution >= 0.6 is 12.4 Å². The quantitative estimate of drug-likeness (QED) is 0.847. The molecule has 0 aliphatic heterocycles. The standard InChI is InChI=1S/C15H17NO2.ClH/c1-16(2)9-10-7-8-13-14(15(10)17)11-5-3-4-6-12(11)18-13;/h3-6,10H,7-9H2,1-2H3;1H. The van der Waals surface area contributed by atoms with Crippen LogP contribution in [0.5, 0.6) is 0 Å². The number of nitrogens with zero attached hydrogens (tertiary/aromatic N) is 1. The first-order valence-electron chi connectivity index (χ1n) is 6.36. The Morgan fingerprint density at radius 2 is 2.05 bits per heavy atom. The van der Waals surface area contributed by atoms with Gasteiger partial charge in [0.05, 0.1) is 5.56 Å². The molecule has 0 N–H and O–H groups in total. The van der Waals surface area contributed by atoms with Crippen molar-refractivity contribution in [3.63, 3.8) is 0 Å². The maximum atomic E-state index is 12.5. The first-order valence-corrected chi connectivity index (χ1v) is 6.36. The fourth-order valence-corrected chi connectivity index (χ4v) is 2.80. The highest BCUT2D eigenvalue weighted by molar-refractivity contribution is 6.10. The molecule has 1 heterocycles. The van der Waals surface area contributed by atoms with Crippen molar-refractivity contribution in [1.29, 1.82) is 0 Å². The molecule has 0 saturated heterocycles. The van der Waals surface area contributed by atoms with Crippen molar-refractivity contribution < 1.29 is 9.21 Å². The van der Waals surface area contributed by atoms with Gasteiger partial charge in [-0.15, -0.1) is 12.4 Å². The number of fused-ring (bicyclic) bond motifs is 3. The van der Waals surface area contributed by atoms with Gasteiger partial charge in [0, 0.05) is 24.3 Å². The highest BCUT2D eigenvalue weighted by Gasteiger charge is 2.32. The Balaban J connectivity index is 0.00000133. The summed E-state index contributed by atoms with van der Waals surface area (Å²) in [6.07, 6.45) is 1.76. The largest absolute Gasteiger partial charge is 0.460 e. The van der Waals surface area contributed by atoms with Gasteiger partial charge < -0.3 is 9.32 Å². The van der Waals surface area contributed by atoms with Crippen molar-refractivity contribution in [3.8, 4) is 0 Å². The minimum atomic E-state index is 0. The molecule has 0 spiro atoms. The number of furan rings is 1. The van der Waals surface area contributed by atoms with E-state index in [1.807, 2.05) is 38.4 Å². The molecule has 0 amide bonds. The number of Topliss-reactive ketones (excluding diaryl/α,β-unsaturated/α-hetero) is 1. The maximum absolute atomic E-state index is 12.5. The van der Waals surface area contributed by atoms with E-state index in [1.165, 1.54) is 0 Å². The number of carbonyl (C=O) groups is 1. The van der Waals surface area contributed by atoms with Gasteiger partial charge in [-0.2, -0.15) is 0 Å². The molecule has 3 rings (SSSR count). The van der Waals surface area contributed by atoms with Crippen LogP contribution in [0.3, 0.4) is 0 Å². The third-order valence-electron chi connectivity index (χ3n) is 3.59. The lowest BCUT2D eigenvalue weighted by Crippen LogP contribution is -2.31. The summed E-state index contributed by atoms with van der Waals surface area (Å²) < 4.78 is 5.78. The highest BCUT2D eigenvalue weighted by atomic mass is 35.5. The van der Waals surface area contributed by atoms with Gasteiger partial charge in [0.1, 0.15) is 11.3 Å². The molecule has 0 bridgehead atoms. The van der Waals surface area contributed by atoms with Crippen LogP contribution in [-0.2, 0) is 6.42 Å². The lowest BCUT2D eigenvalue weighted by atomic mass is 9.85. The Hall–Kier alpha value is -1.32. The van der Waals surface area contributed by atoms with Crippen molar-refractivity contribution >= 4 is 29.2 Å². The molecule has 0 saturated carbocycles. The summed E-state index contributed by atoms with van der Waals surface area (Å²) in [7, 11) is 4.02. The van der Waals surface area contributed by atoms with Gasteiger partial charge in [0.15, 0.2) is 5.78 Å². The lowest BCUT2D eigenvalue weighted by Gasteiger charge is -2.23.